The number of nitrogens with zero attached hydrogens (tertiary/aromatic N) is 9. The lowest BCUT2D eigenvalue weighted by Crippen LogP contribution is -2.51. The van der Waals surface area contributed by atoms with Gasteiger partial charge in [-0.05, 0) is 25.1 Å². The highest BCUT2D eigenvalue weighted by Gasteiger charge is 2.30. The molecule has 5 aromatic rings. The molecule has 0 atom stereocenters. The highest BCUT2D eigenvalue weighted by molar-refractivity contribution is 6.37. The molecule has 13 heteroatoms. The fourth-order valence-corrected chi connectivity index (χ4v) is 4.66. The second kappa shape index (κ2) is 9.42. The van der Waals surface area contributed by atoms with E-state index in [0.29, 0.717) is 54.5 Å². The maximum absolute atomic E-state index is 13.5. The molecule has 5 aromatic heterocycles. The van der Waals surface area contributed by atoms with Crippen LogP contribution in [0.25, 0.3) is 28.1 Å². The van der Waals surface area contributed by atoms with Crippen molar-refractivity contribution in [2.75, 3.05) is 38.2 Å². The Morgan fingerprint density at radius 2 is 1.84 bits per heavy atom. The number of carbonyl (C=O) groups is 2. The third-order valence-electron chi connectivity index (χ3n) is 6.56. The number of aromatic amines is 1. The van der Waals surface area contributed by atoms with Gasteiger partial charge in [-0.2, -0.15) is 10.2 Å². The van der Waals surface area contributed by atoms with Gasteiger partial charge in [0.15, 0.2) is 5.82 Å². The molecule has 6 rings (SSSR count). The molecule has 38 heavy (non-hydrogen) atoms. The van der Waals surface area contributed by atoms with Crippen molar-refractivity contribution in [3.63, 3.8) is 0 Å². The number of anilines is 1. The number of hydrogen-bond donors (Lipinski definition) is 1. The molecule has 0 radical (unpaired) electrons. The second-order valence-corrected chi connectivity index (χ2v) is 8.76. The maximum Gasteiger partial charge on any atom is 0.320 e. The molecule has 0 unspecified atom stereocenters. The van der Waals surface area contributed by atoms with Gasteiger partial charge in [0.25, 0.3) is 0 Å². The van der Waals surface area contributed by atoms with Crippen LogP contribution in [0.1, 0.15) is 10.6 Å². The number of aromatic nitrogens is 8. The number of piperazine rings is 1. The largest absolute Gasteiger partial charge is 0.494 e. The van der Waals surface area contributed by atoms with Gasteiger partial charge < -0.3 is 14.5 Å². The summed E-state index contributed by atoms with van der Waals surface area (Å²) in [5.74, 6) is 0.135. The zero-order valence-electron chi connectivity index (χ0n) is 20.8. The Bertz CT molecular complexity index is 1630. The number of methoxy groups -OCH3 is 1. The van der Waals surface area contributed by atoms with Crippen LogP contribution in [0.15, 0.2) is 55.4 Å². The molecule has 1 aliphatic rings. The molecule has 0 aromatic carbocycles. The van der Waals surface area contributed by atoms with Crippen LogP contribution in [0, 0.1) is 6.92 Å². The van der Waals surface area contributed by atoms with E-state index in [-0.39, 0.29) is 0 Å². The smallest absolute Gasteiger partial charge is 0.320 e. The highest BCUT2D eigenvalue weighted by atomic mass is 16.5. The van der Waals surface area contributed by atoms with E-state index in [1.807, 2.05) is 18.2 Å². The molecule has 0 saturated carbocycles. The lowest BCUT2D eigenvalue weighted by molar-refractivity contribution is -0.127. The summed E-state index contributed by atoms with van der Waals surface area (Å²) in [5.41, 5.74) is 2.93. The van der Waals surface area contributed by atoms with E-state index in [1.54, 1.807) is 42.7 Å². The Balaban J connectivity index is 1.24. The van der Waals surface area contributed by atoms with E-state index >= 15 is 0 Å². The summed E-state index contributed by atoms with van der Waals surface area (Å²) in [6.45, 7) is 3.61. The van der Waals surface area contributed by atoms with Crippen molar-refractivity contribution < 1.29 is 14.3 Å². The van der Waals surface area contributed by atoms with Gasteiger partial charge in [0, 0.05) is 44.0 Å². The number of pyridine rings is 2. The molecule has 1 N–H and O–H groups in total. The fraction of sp³-hybridized carbons (Fsp3) is 0.240. The molecule has 1 aliphatic heterocycles. The van der Waals surface area contributed by atoms with Crippen LogP contribution in [0.5, 0.6) is 5.75 Å². The standard InChI is InChI=1S/C25H24N10O3/c1-16-28-15-35(31-16)23-22-17(20(38-2)14-27-23)6-8-34(22)25(37)24(36)33-11-9-32(10-12-33)19-13-29-30-21(19)18-5-3-4-7-26-18/h3-8,13-15H,9-12H2,1-2H3,(H,29,30). The Morgan fingerprint density at radius 3 is 2.55 bits per heavy atom. The van der Waals surface area contributed by atoms with Gasteiger partial charge in [-0.1, -0.05) is 6.07 Å². The molecular weight excluding hydrogens is 488 g/mol. The normalized spacial score (nSPS) is 13.7. The van der Waals surface area contributed by atoms with Crippen LogP contribution in [0.3, 0.4) is 0 Å². The molecule has 6 heterocycles. The Labute approximate surface area is 216 Å². The number of rotatable bonds is 4. The molecule has 1 fully saturated rings. The number of amides is 1. The van der Waals surface area contributed by atoms with Gasteiger partial charge in [-0.25, -0.2) is 14.6 Å². The van der Waals surface area contributed by atoms with Gasteiger partial charge >= 0.3 is 11.8 Å². The number of ether oxygens (including phenoxy) is 1. The third-order valence-corrected chi connectivity index (χ3v) is 6.56. The molecular formula is C25H24N10O3. The van der Waals surface area contributed by atoms with Gasteiger partial charge in [0.2, 0.25) is 0 Å². The Hall–Kier alpha value is -5.07. The Morgan fingerprint density at radius 1 is 1.00 bits per heavy atom. The fourth-order valence-electron chi connectivity index (χ4n) is 4.66. The number of H-pyrrole nitrogens is 1. The van der Waals surface area contributed by atoms with Crippen LogP contribution in [-0.2, 0) is 4.79 Å². The van der Waals surface area contributed by atoms with Crippen molar-refractivity contribution in [2.24, 2.45) is 0 Å². The van der Waals surface area contributed by atoms with Crippen molar-refractivity contribution in [3.05, 3.63) is 61.2 Å². The third kappa shape index (κ3) is 3.93. The number of fused-ring (bicyclic) bond motifs is 1. The first kappa shape index (κ1) is 23.3. The summed E-state index contributed by atoms with van der Waals surface area (Å²) in [7, 11) is 1.53. The minimum atomic E-state index is -0.681. The molecule has 192 valence electrons. The van der Waals surface area contributed by atoms with Gasteiger partial charge in [0.1, 0.15) is 29.1 Å². The van der Waals surface area contributed by atoms with Crippen LogP contribution in [-0.4, -0.2) is 89.5 Å². The van der Waals surface area contributed by atoms with Crippen LogP contribution >= 0.6 is 0 Å². The first-order valence-corrected chi connectivity index (χ1v) is 12.0. The topological polar surface area (TPSA) is 140 Å². The minimum absolute atomic E-state index is 0.374. The van der Waals surface area contributed by atoms with Crippen molar-refractivity contribution in [1.82, 2.24) is 44.4 Å². The van der Waals surface area contributed by atoms with E-state index < -0.39 is 11.8 Å². The summed E-state index contributed by atoms with van der Waals surface area (Å²) in [4.78, 5) is 43.5. The number of hydrogen-bond acceptors (Lipinski definition) is 9. The first-order chi connectivity index (χ1) is 18.5. The maximum atomic E-state index is 13.5. The van der Waals surface area contributed by atoms with Crippen molar-refractivity contribution in [1.29, 1.82) is 0 Å². The van der Waals surface area contributed by atoms with Gasteiger partial charge in [0.05, 0.1) is 30.9 Å². The Kier molecular flexibility index (Phi) is 5.79. The van der Waals surface area contributed by atoms with E-state index in [0.717, 1.165) is 17.1 Å². The van der Waals surface area contributed by atoms with E-state index in [1.165, 1.54) is 22.7 Å². The predicted molar refractivity (Wildman–Crippen MR) is 137 cm³/mol. The monoisotopic (exact) mass is 512 g/mol. The first-order valence-electron chi connectivity index (χ1n) is 12.0. The number of carbonyl (C=O) groups excluding carboxylic acids is 2. The second-order valence-electron chi connectivity index (χ2n) is 8.76. The molecule has 0 aliphatic carbocycles. The van der Waals surface area contributed by atoms with Crippen molar-refractivity contribution in [2.45, 2.75) is 6.92 Å². The van der Waals surface area contributed by atoms with E-state index in [9.17, 15) is 9.59 Å². The zero-order chi connectivity index (χ0) is 26.2. The van der Waals surface area contributed by atoms with E-state index in [4.69, 9.17) is 4.74 Å². The molecule has 0 spiro atoms. The summed E-state index contributed by atoms with van der Waals surface area (Å²) in [6.07, 6.45) is 8.12. The summed E-state index contributed by atoms with van der Waals surface area (Å²) < 4.78 is 8.22. The summed E-state index contributed by atoms with van der Waals surface area (Å²) in [6, 6.07) is 7.41. The zero-order valence-corrected chi connectivity index (χ0v) is 20.8. The molecule has 0 bridgehead atoms. The summed E-state index contributed by atoms with van der Waals surface area (Å²) in [5, 5.41) is 12.2. The van der Waals surface area contributed by atoms with Crippen LogP contribution in [0.2, 0.25) is 0 Å². The lowest BCUT2D eigenvalue weighted by Gasteiger charge is -2.35. The minimum Gasteiger partial charge on any atom is -0.494 e. The average molecular weight is 513 g/mol. The summed E-state index contributed by atoms with van der Waals surface area (Å²) >= 11 is 0. The lowest BCUT2D eigenvalue weighted by atomic mass is 10.2. The highest BCUT2D eigenvalue weighted by Crippen LogP contribution is 2.30. The molecule has 1 amide bonds. The van der Waals surface area contributed by atoms with Crippen molar-refractivity contribution >= 4 is 28.4 Å². The van der Waals surface area contributed by atoms with Gasteiger partial charge in [-0.15, -0.1) is 0 Å². The quantitative estimate of drug-likeness (QED) is 0.356. The van der Waals surface area contributed by atoms with Gasteiger partial charge in [-0.3, -0.25) is 24.2 Å². The molecule has 1 saturated heterocycles. The predicted octanol–water partition coefficient (Wildman–Crippen LogP) is 1.71. The van der Waals surface area contributed by atoms with Crippen molar-refractivity contribution in [3.8, 4) is 23.0 Å². The SMILES string of the molecule is COc1cnc(-n2cnc(C)n2)c2c1ccn2C(=O)C(=O)N1CCN(c2cn[nH]c2-c2ccccn2)CC1. The van der Waals surface area contributed by atoms with E-state index in [2.05, 4.69) is 35.1 Å². The molecule has 13 nitrogen and oxygen atoms in total. The van der Waals surface area contributed by atoms with Crippen LogP contribution < -0.4 is 9.64 Å². The number of aryl methyl sites for hydroxylation is 1. The van der Waals surface area contributed by atoms with Crippen LogP contribution in [0.4, 0.5) is 5.69 Å². The average Bonchev–Trinajstić information content (AvgIpc) is 3.72. The number of nitrogens with one attached hydrogen (secondary N) is 1.